The van der Waals surface area contributed by atoms with Crippen molar-refractivity contribution in [2.45, 2.75) is 31.0 Å². The normalized spacial score (nSPS) is 22.4. The van der Waals surface area contributed by atoms with Crippen LogP contribution in [0.15, 0.2) is 48.5 Å². The van der Waals surface area contributed by atoms with Gasteiger partial charge in [-0.2, -0.15) is 0 Å². The highest BCUT2D eigenvalue weighted by atomic mass is 35.5. The quantitative estimate of drug-likeness (QED) is 0.720. The Morgan fingerprint density at radius 1 is 1.19 bits per heavy atom. The molecular weight excluding hydrogens is 369 g/mol. The molecule has 1 aliphatic rings. The third kappa shape index (κ3) is 3.83. The van der Waals surface area contributed by atoms with Crippen LogP contribution in [0.5, 0.6) is 0 Å². The van der Waals surface area contributed by atoms with Crippen molar-refractivity contribution < 1.29 is 18.7 Å². The van der Waals surface area contributed by atoms with Crippen LogP contribution >= 0.6 is 11.6 Å². The summed E-state index contributed by atoms with van der Waals surface area (Å²) in [6.07, 6.45) is -0.371. The Labute approximate surface area is 162 Å². The van der Waals surface area contributed by atoms with Crippen molar-refractivity contribution in [1.82, 2.24) is 0 Å². The van der Waals surface area contributed by atoms with Gasteiger partial charge in [0.25, 0.3) is 0 Å². The van der Waals surface area contributed by atoms with Crippen LogP contribution in [0.2, 0.25) is 5.02 Å². The van der Waals surface area contributed by atoms with Gasteiger partial charge in [-0.25, -0.2) is 9.18 Å². The number of nitrogens with zero attached hydrogens (tertiary/aromatic N) is 1. The lowest BCUT2D eigenvalue weighted by molar-refractivity contribution is -0.145. The molecule has 0 heterocycles. The molecule has 2 aromatic rings. The first-order valence-corrected chi connectivity index (χ1v) is 9.17. The molecule has 1 fully saturated rings. The summed E-state index contributed by atoms with van der Waals surface area (Å²) in [6, 6.07) is 13.2. The zero-order valence-corrected chi connectivity index (χ0v) is 16.0. The van der Waals surface area contributed by atoms with E-state index in [4.69, 9.17) is 16.3 Å². The van der Waals surface area contributed by atoms with Crippen molar-refractivity contribution in [1.29, 1.82) is 0 Å². The summed E-state index contributed by atoms with van der Waals surface area (Å²) in [5.41, 5.74) is -0.855. The van der Waals surface area contributed by atoms with Crippen molar-refractivity contribution >= 4 is 29.0 Å². The van der Waals surface area contributed by atoms with Crippen LogP contribution in [0.1, 0.15) is 35.2 Å². The number of Topliss-reactive ketones (excluding diaryl/α,β-unsaturated/α-hetero) is 1. The Morgan fingerprint density at radius 3 is 2.48 bits per heavy atom. The van der Waals surface area contributed by atoms with E-state index in [0.717, 1.165) is 5.69 Å². The van der Waals surface area contributed by atoms with Crippen LogP contribution in [-0.4, -0.2) is 32.0 Å². The van der Waals surface area contributed by atoms with E-state index in [1.54, 1.807) is 42.5 Å². The molecule has 0 saturated heterocycles. The Balaban J connectivity index is 1.78. The highest BCUT2D eigenvalue weighted by molar-refractivity contribution is 6.31. The molecular formula is C21H21ClFNO3. The SMILES string of the molecule is CN(C)c1ccc(C(=O)OC2CCCC(F)(c3ccccc3Cl)C2=O)cc1. The Kier molecular flexibility index (Phi) is 5.51. The minimum Gasteiger partial charge on any atom is -0.451 e. The lowest BCUT2D eigenvalue weighted by Crippen LogP contribution is -2.45. The fourth-order valence-electron chi connectivity index (χ4n) is 3.30. The predicted molar refractivity (Wildman–Crippen MR) is 103 cm³/mol. The summed E-state index contributed by atoms with van der Waals surface area (Å²) in [7, 11) is 3.78. The summed E-state index contributed by atoms with van der Waals surface area (Å²) in [5.74, 6) is -1.39. The summed E-state index contributed by atoms with van der Waals surface area (Å²) >= 11 is 6.10. The molecule has 0 aromatic heterocycles. The average molecular weight is 390 g/mol. The monoisotopic (exact) mass is 389 g/mol. The minimum atomic E-state index is -2.24. The van der Waals surface area contributed by atoms with Gasteiger partial charge in [0.2, 0.25) is 5.78 Å². The van der Waals surface area contributed by atoms with Crippen LogP contribution in [0.25, 0.3) is 0 Å². The van der Waals surface area contributed by atoms with Gasteiger partial charge in [0.15, 0.2) is 11.8 Å². The van der Waals surface area contributed by atoms with Crippen LogP contribution in [0.3, 0.4) is 0 Å². The van der Waals surface area contributed by atoms with Crippen molar-refractivity contribution in [2.75, 3.05) is 19.0 Å². The molecule has 2 aromatic carbocycles. The lowest BCUT2D eigenvalue weighted by atomic mass is 9.78. The number of hydrogen-bond donors (Lipinski definition) is 0. The van der Waals surface area contributed by atoms with Gasteiger partial charge >= 0.3 is 5.97 Å². The number of esters is 1. The van der Waals surface area contributed by atoms with Gasteiger partial charge in [-0.05, 0) is 49.6 Å². The van der Waals surface area contributed by atoms with Crippen LogP contribution in [-0.2, 0) is 15.2 Å². The molecule has 27 heavy (non-hydrogen) atoms. The summed E-state index contributed by atoms with van der Waals surface area (Å²) in [6.45, 7) is 0. The van der Waals surface area contributed by atoms with Gasteiger partial charge in [0.05, 0.1) is 5.56 Å². The van der Waals surface area contributed by atoms with E-state index >= 15 is 4.39 Å². The van der Waals surface area contributed by atoms with Crippen molar-refractivity contribution in [3.05, 3.63) is 64.7 Å². The summed E-state index contributed by atoms with van der Waals surface area (Å²) in [5, 5.41) is 0.194. The molecule has 0 bridgehead atoms. The maximum absolute atomic E-state index is 15.6. The molecule has 3 rings (SSSR count). The van der Waals surface area contributed by atoms with Crippen LogP contribution in [0.4, 0.5) is 10.1 Å². The van der Waals surface area contributed by atoms with E-state index in [9.17, 15) is 9.59 Å². The van der Waals surface area contributed by atoms with Gasteiger partial charge in [-0.1, -0.05) is 29.8 Å². The third-order valence-electron chi connectivity index (χ3n) is 4.84. The van der Waals surface area contributed by atoms with Gasteiger partial charge in [0, 0.05) is 30.4 Å². The zero-order chi connectivity index (χ0) is 19.6. The maximum atomic E-state index is 15.6. The number of alkyl halides is 1. The predicted octanol–water partition coefficient (Wildman–Crippen LogP) is 4.55. The zero-order valence-electron chi connectivity index (χ0n) is 15.2. The van der Waals surface area contributed by atoms with Crippen molar-refractivity contribution in [2.24, 2.45) is 0 Å². The Morgan fingerprint density at radius 2 is 1.85 bits per heavy atom. The molecule has 0 amide bonds. The number of carbonyl (C=O) groups is 2. The van der Waals surface area contributed by atoms with E-state index in [0.29, 0.717) is 18.4 Å². The van der Waals surface area contributed by atoms with E-state index in [2.05, 4.69) is 0 Å². The number of benzene rings is 2. The molecule has 1 saturated carbocycles. The largest absolute Gasteiger partial charge is 0.451 e. The number of anilines is 1. The van der Waals surface area contributed by atoms with Crippen LogP contribution < -0.4 is 4.90 Å². The molecule has 0 aliphatic heterocycles. The summed E-state index contributed by atoms with van der Waals surface area (Å²) < 4.78 is 20.9. The average Bonchev–Trinajstić information content (AvgIpc) is 2.66. The highest BCUT2D eigenvalue weighted by Crippen LogP contribution is 2.42. The van der Waals surface area contributed by atoms with E-state index in [1.165, 1.54) is 6.07 Å². The van der Waals surface area contributed by atoms with Gasteiger partial charge in [0.1, 0.15) is 0 Å². The minimum absolute atomic E-state index is 0.0289. The second-order valence-electron chi connectivity index (χ2n) is 6.87. The van der Waals surface area contributed by atoms with E-state index < -0.39 is 23.5 Å². The number of halogens is 2. The standard InChI is InChI=1S/C21H21ClFNO3/c1-24(2)15-11-9-14(10-12-15)20(26)27-18-8-5-13-21(23,19(18)25)16-6-3-4-7-17(16)22/h3-4,6-7,9-12,18H,5,8,13H2,1-2H3. The third-order valence-corrected chi connectivity index (χ3v) is 5.17. The smallest absolute Gasteiger partial charge is 0.338 e. The maximum Gasteiger partial charge on any atom is 0.338 e. The molecule has 142 valence electrons. The highest BCUT2D eigenvalue weighted by Gasteiger charge is 2.49. The molecule has 1 aliphatic carbocycles. The first-order chi connectivity index (χ1) is 12.8. The second kappa shape index (κ2) is 7.69. The molecule has 0 radical (unpaired) electrons. The number of rotatable bonds is 4. The number of ketones is 1. The van der Waals surface area contributed by atoms with Crippen molar-refractivity contribution in [3.63, 3.8) is 0 Å². The molecule has 4 nitrogen and oxygen atoms in total. The molecule has 0 spiro atoms. The number of ether oxygens (including phenoxy) is 1. The fourth-order valence-corrected chi connectivity index (χ4v) is 3.58. The fraction of sp³-hybridized carbons (Fsp3) is 0.333. The molecule has 0 N–H and O–H groups in total. The molecule has 2 unspecified atom stereocenters. The van der Waals surface area contributed by atoms with Gasteiger partial charge < -0.3 is 9.64 Å². The first kappa shape index (κ1) is 19.4. The van der Waals surface area contributed by atoms with Crippen molar-refractivity contribution in [3.8, 4) is 0 Å². The number of hydrogen-bond acceptors (Lipinski definition) is 4. The second-order valence-corrected chi connectivity index (χ2v) is 7.28. The van der Waals surface area contributed by atoms with E-state index in [1.807, 2.05) is 19.0 Å². The van der Waals surface area contributed by atoms with Gasteiger partial charge in [-0.15, -0.1) is 0 Å². The Bertz CT molecular complexity index is 853. The van der Waals surface area contributed by atoms with Gasteiger partial charge in [-0.3, -0.25) is 4.79 Å². The van der Waals surface area contributed by atoms with E-state index in [-0.39, 0.29) is 17.0 Å². The lowest BCUT2D eigenvalue weighted by Gasteiger charge is -2.33. The first-order valence-electron chi connectivity index (χ1n) is 8.79. The number of carbonyl (C=O) groups excluding carboxylic acids is 2. The Hall–Kier alpha value is -2.40. The topological polar surface area (TPSA) is 46.6 Å². The molecule has 6 heteroatoms. The van der Waals surface area contributed by atoms with Crippen LogP contribution in [0, 0.1) is 0 Å². The summed E-state index contributed by atoms with van der Waals surface area (Å²) in [4.78, 5) is 27.1. The molecule has 2 atom stereocenters.